The number of amides is 1. The SMILES string of the molecule is CCOc1cc(-c2ccccc2)sc1C(=O)N1CCN(c2cc(C)nc(C)n2)CC1. The third-order valence-electron chi connectivity index (χ3n) is 5.09. The zero-order valence-corrected chi connectivity index (χ0v) is 18.4. The second kappa shape index (κ2) is 8.83. The first-order chi connectivity index (χ1) is 14.5. The lowest BCUT2D eigenvalue weighted by molar-refractivity contribution is 0.0747. The summed E-state index contributed by atoms with van der Waals surface area (Å²) in [5.41, 5.74) is 2.06. The minimum absolute atomic E-state index is 0.0420. The van der Waals surface area contributed by atoms with Crippen molar-refractivity contribution >= 4 is 23.1 Å². The summed E-state index contributed by atoms with van der Waals surface area (Å²) in [6.07, 6.45) is 0. The second-order valence-electron chi connectivity index (χ2n) is 7.30. The van der Waals surface area contributed by atoms with Gasteiger partial charge in [-0.25, -0.2) is 9.97 Å². The van der Waals surface area contributed by atoms with Gasteiger partial charge in [0.05, 0.1) is 6.61 Å². The monoisotopic (exact) mass is 422 g/mol. The van der Waals surface area contributed by atoms with Crippen LogP contribution in [0, 0.1) is 13.8 Å². The molecular weight excluding hydrogens is 396 g/mol. The van der Waals surface area contributed by atoms with Crippen LogP contribution in [0.25, 0.3) is 10.4 Å². The van der Waals surface area contributed by atoms with E-state index >= 15 is 0 Å². The minimum Gasteiger partial charge on any atom is -0.492 e. The quantitative estimate of drug-likeness (QED) is 0.617. The number of aryl methyl sites for hydroxylation is 2. The molecule has 1 aliphatic rings. The number of aromatic nitrogens is 2. The van der Waals surface area contributed by atoms with E-state index in [1.165, 1.54) is 11.3 Å². The summed E-state index contributed by atoms with van der Waals surface area (Å²) in [6.45, 7) is 9.19. The van der Waals surface area contributed by atoms with Crippen LogP contribution in [0.1, 0.15) is 28.1 Å². The fourth-order valence-corrected chi connectivity index (χ4v) is 4.75. The summed E-state index contributed by atoms with van der Waals surface area (Å²) in [5, 5.41) is 0. The average Bonchev–Trinajstić information content (AvgIpc) is 3.17. The molecule has 1 fully saturated rings. The third-order valence-corrected chi connectivity index (χ3v) is 6.25. The highest BCUT2D eigenvalue weighted by atomic mass is 32.1. The zero-order chi connectivity index (χ0) is 21.1. The Labute approximate surface area is 181 Å². The van der Waals surface area contributed by atoms with Crippen LogP contribution in [0.5, 0.6) is 5.75 Å². The lowest BCUT2D eigenvalue weighted by Gasteiger charge is -2.35. The van der Waals surface area contributed by atoms with Gasteiger partial charge in [-0.1, -0.05) is 30.3 Å². The largest absolute Gasteiger partial charge is 0.492 e. The van der Waals surface area contributed by atoms with Crippen molar-refractivity contribution in [3.8, 4) is 16.2 Å². The fourth-order valence-electron chi connectivity index (χ4n) is 3.67. The van der Waals surface area contributed by atoms with E-state index in [4.69, 9.17) is 4.74 Å². The van der Waals surface area contributed by atoms with E-state index in [0.717, 1.165) is 40.9 Å². The summed E-state index contributed by atoms with van der Waals surface area (Å²) in [4.78, 5) is 28.1. The number of thiophene rings is 1. The first-order valence-corrected chi connectivity index (χ1v) is 11.1. The van der Waals surface area contributed by atoms with Crippen LogP contribution in [0.15, 0.2) is 42.5 Å². The highest BCUT2D eigenvalue weighted by molar-refractivity contribution is 7.17. The third kappa shape index (κ3) is 4.31. The highest BCUT2D eigenvalue weighted by Crippen LogP contribution is 2.37. The number of anilines is 1. The first-order valence-electron chi connectivity index (χ1n) is 10.2. The van der Waals surface area contributed by atoms with Crippen LogP contribution in [-0.4, -0.2) is 53.6 Å². The number of benzene rings is 1. The number of rotatable bonds is 5. The van der Waals surface area contributed by atoms with Gasteiger partial charge in [0.15, 0.2) is 0 Å². The number of hydrogen-bond acceptors (Lipinski definition) is 6. The second-order valence-corrected chi connectivity index (χ2v) is 8.35. The van der Waals surface area contributed by atoms with Crippen LogP contribution in [0.3, 0.4) is 0 Å². The smallest absolute Gasteiger partial charge is 0.267 e. The topological polar surface area (TPSA) is 58.6 Å². The van der Waals surface area contributed by atoms with Gasteiger partial charge >= 0.3 is 0 Å². The van der Waals surface area contributed by atoms with Crippen LogP contribution in [0.4, 0.5) is 5.82 Å². The van der Waals surface area contributed by atoms with Gasteiger partial charge in [0.25, 0.3) is 5.91 Å². The van der Waals surface area contributed by atoms with E-state index in [9.17, 15) is 4.79 Å². The lowest BCUT2D eigenvalue weighted by atomic mass is 10.2. The minimum atomic E-state index is 0.0420. The van der Waals surface area contributed by atoms with E-state index in [-0.39, 0.29) is 5.91 Å². The molecule has 0 N–H and O–H groups in total. The molecule has 0 bridgehead atoms. The summed E-state index contributed by atoms with van der Waals surface area (Å²) in [7, 11) is 0. The van der Waals surface area contributed by atoms with Crippen molar-refractivity contribution in [2.24, 2.45) is 0 Å². The Morgan fingerprint density at radius 2 is 1.80 bits per heavy atom. The molecule has 1 aromatic carbocycles. The summed E-state index contributed by atoms with van der Waals surface area (Å²) in [5.74, 6) is 2.43. The number of carbonyl (C=O) groups is 1. The molecule has 0 saturated carbocycles. The van der Waals surface area contributed by atoms with Gasteiger partial charge in [0.1, 0.15) is 22.3 Å². The average molecular weight is 423 g/mol. The molecule has 3 heterocycles. The van der Waals surface area contributed by atoms with Crippen molar-refractivity contribution in [2.75, 3.05) is 37.7 Å². The molecule has 1 amide bonds. The van der Waals surface area contributed by atoms with Crippen molar-refractivity contribution < 1.29 is 9.53 Å². The van der Waals surface area contributed by atoms with Gasteiger partial charge in [-0.3, -0.25) is 4.79 Å². The van der Waals surface area contributed by atoms with E-state index in [1.807, 2.05) is 56.0 Å². The zero-order valence-electron chi connectivity index (χ0n) is 17.6. The number of hydrogen-bond donors (Lipinski definition) is 0. The van der Waals surface area contributed by atoms with Crippen LogP contribution in [0.2, 0.25) is 0 Å². The van der Waals surface area contributed by atoms with Gasteiger partial charge < -0.3 is 14.5 Å². The van der Waals surface area contributed by atoms with Gasteiger partial charge in [-0.05, 0) is 32.4 Å². The van der Waals surface area contributed by atoms with Gasteiger partial charge in [-0.15, -0.1) is 11.3 Å². The fraction of sp³-hybridized carbons (Fsp3) is 0.348. The molecule has 4 rings (SSSR count). The Balaban J connectivity index is 1.50. The van der Waals surface area contributed by atoms with Gasteiger partial charge in [0.2, 0.25) is 0 Å². The molecule has 0 aliphatic carbocycles. The Morgan fingerprint density at radius 3 is 2.47 bits per heavy atom. The first kappa shape index (κ1) is 20.3. The maximum Gasteiger partial charge on any atom is 0.267 e. The standard InChI is InChI=1S/C23H26N4O2S/c1-4-29-19-15-20(18-8-6-5-7-9-18)30-22(19)23(28)27-12-10-26(11-13-27)21-14-16(2)24-17(3)25-21/h5-9,14-15H,4,10-13H2,1-3H3. The Morgan fingerprint density at radius 1 is 1.07 bits per heavy atom. The van der Waals surface area contributed by atoms with Gasteiger partial charge in [-0.2, -0.15) is 0 Å². The van der Waals surface area contributed by atoms with Crippen molar-refractivity contribution in [2.45, 2.75) is 20.8 Å². The molecule has 1 saturated heterocycles. The van der Waals surface area contributed by atoms with E-state index in [0.29, 0.717) is 30.3 Å². The number of nitrogens with zero attached hydrogens (tertiary/aromatic N) is 4. The highest BCUT2D eigenvalue weighted by Gasteiger charge is 2.27. The van der Waals surface area contributed by atoms with Crippen LogP contribution >= 0.6 is 11.3 Å². The van der Waals surface area contributed by atoms with E-state index < -0.39 is 0 Å². The molecule has 0 unspecified atom stereocenters. The molecule has 2 aromatic heterocycles. The molecule has 7 heteroatoms. The Kier molecular flexibility index (Phi) is 5.99. The van der Waals surface area contributed by atoms with Crippen LogP contribution < -0.4 is 9.64 Å². The number of carbonyl (C=O) groups excluding carboxylic acids is 1. The molecule has 30 heavy (non-hydrogen) atoms. The molecule has 6 nitrogen and oxygen atoms in total. The molecule has 0 atom stereocenters. The predicted octanol–water partition coefficient (Wildman–Crippen LogP) is 4.18. The van der Waals surface area contributed by atoms with E-state index in [1.54, 1.807) is 0 Å². The lowest BCUT2D eigenvalue weighted by Crippen LogP contribution is -2.49. The van der Waals surface area contributed by atoms with Crippen molar-refractivity contribution in [1.82, 2.24) is 14.9 Å². The Hall–Kier alpha value is -2.93. The normalized spacial score (nSPS) is 14.1. The molecule has 3 aromatic rings. The van der Waals surface area contributed by atoms with Crippen molar-refractivity contribution in [1.29, 1.82) is 0 Å². The summed E-state index contributed by atoms with van der Waals surface area (Å²) >= 11 is 1.50. The summed E-state index contributed by atoms with van der Waals surface area (Å²) < 4.78 is 5.80. The van der Waals surface area contributed by atoms with Gasteiger partial charge in [0, 0.05) is 42.8 Å². The molecule has 0 spiro atoms. The number of piperazine rings is 1. The summed E-state index contributed by atoms with van der Waals surface area (Å²) in [6, 6.07) is 14.1. The predicted molar refractivity (Wildman–Crippen MR) is 121 cm³/mol. The number of ether oxygens (including phenoxy) is 1. The molecular formula is C23H26N4O2S. The maximum atomic E-state index is 13.3. The van der Waals surface area contributed by atoms with Crippen LogP contribution in [-0.2, 0) is 0 Å². The molecule has 1 aliphatic heterocycles. The maximum absolute atomic E-state index is 13.3. The van der Waals surface area contributed by atoms with Crippen molar-refractivity contribution in [3.05, 3.63) is 58.9 Å². The Bertz CT molecular complexity index is 1010. The molecule has 0 radical (unpaired) electrons. The van der Waals surface area contributed by atoms with E-state index in [2.05, 4.69) is 27.0 Å². The van der Waals surface area contributed by atoms with Crippen molar-refractivity contribution in [3.63, 3.8) is 0 Å². The molecule has 156 valence electrons.